The third kappa shape index (κ3) is 5.03. The number of para-hydroxylation sites is 1. The van der Waals surface area contributed by atoms with Crippen molar-refractivity contribution in [1.29, 1.82) is 0 Å². The molecule has 2 N–H and O–H groups in total. The predicted octanol–water partition coefficient (Wildman–Crippen LogP) is 4.57. The highest BCUT2D eigenvalue weighted by Crippen LogP contribution is 2.28. The highest BCUT2D eigenvalue weighted by molar-refractivity contribution is 7.91. The molecule has 0 spiro atoms. The number of anilines is 2. The molecule has 0 aliphatic rings. The van der Waals surface area contributed by atoms with E-state index in [4.69, 9.17) is 0 Å². The largest absolute Gasteiger partial charge is 0.380 e. The molecule has 0 heterocycles. The zero-order valence-electron chi connectivity index (χ0n) is 16.7. The molecule has 0 saturated carbocycles. The van der Waals surface area contributed by atoms with Crippen LogP contribution in [0.3, 0.4) is 0 Å². The van der Waals surface area contributed by atoms with E-state index in [1.165, 1.54) is 6.26 Å². The number of carbonyl (C=O) groups is 1. The van der Waals surface area contributed by atoms with E-state index < -0.39 is 9.84 Å². The minimum Gasteiger partial charge on any atom is -0.380 e. The molecular formula is C23H24N2O3S. The summed E-state index contributed by atoms with van der Waals surface area (Å²) < 4.78 is 24.4. The monoisotopic (exact) mass is 408 g/mol. The van der Waals surface area contributed by atoms with Gasteiger partial charge in [0, 0.05) is 24.1 Å². The van der Waals surface area contributed by atoms with E-state index in [2.05, 4.69) is 10.6 Å². The Morgan fingerprint density at radius 2 is 1.55 bits per heavy atom. The first-order valence-corrected chi connectivity index (χ1v) is 11.1. The maximum Gasteiger partial charge on any atom is 0.255 e. The molecule has 3 aromatic rings. The Bertz CT molecular complexity index is 1120. The van der Waals surface area contributed by atoms with Crippen LogP contribution in [0.5, 0.6) is 0 Å². The Balaban J connectivity index is 1.71. The van der Waals surface area contributed by atoms with E-state index in [1.807, 2.05) is 62.4 Å². The Morgan fingerprint density at radius 3 is 2.17 bits per heavy atom. The predicted molar refractivity (Wildman–Crippen MR) is 117 cm³/mol. The molecule has 150 valence electrons. The molecule has 0 bridgehead atoms. The zero-order valence-corrected chi connectivity index (χ0v) is 17.5. The molecule has 0 aromatic heterocycles. The van der Waals surface area contributed by atoms with Crippen molar-refractivity contribution in [2.24, 2.45) is 0 Å². The summed E-state index contributed by atoms with van der Waals surface area (Å²) in [7, 11) is -3.35. The number of carbonyl (C=O) groups excluding carboxylic acids is 1. The summed E-state index contributed by atoms with van der Waals surface area (Å²) in [5, 5.41) is 6.06. The minimum absolute atomic E-state index is 0.177. The summed E-state index contributed by atoms with van der Waals surface area (Å²) in [6.07, 6.45) is 1.22. The van der Waals surface area contributed by atoms with Crippen molar-refractivity contribution < 1.29 is 13.2 Å². The van der Waals surface area contributed by atoms with Crippen LogP contribution in [0, 0.1) is 13.8 Å². The van der Waals surface area contributed by atoms with E-state index in [0.29, 0.717) is 22.7 Å². The van der Waals surface area contributed by atoms with Crippen molar-refractivity contribution in [3.63, 3.8) is 0 Å². The van der Waals surface area contributed by atoms with Crippen LogP contribution in [-0.4, -0.2) is 20.6 Å². The first kappa shape index (κ1) is 20.6. The van der Waals surface area contributed by atoms with E-state index in [0.717, 1.165) is 22.4 Å². The molecule has 3 aromatic carbocycles. The molecule has 0 atom stereocenters. The van der Waals surface area contributed by atoms with E-state index in [9.17, 15) is 13.2 Å². The lowest BCUT2D eigenvalue weighted by Gasteiger charge is -2.15. The fourth-order valence-electron chi connectivity index (χ4n) is 3.10. The molecule has 5 nitrogen and oxygen atoms in total. The van der Waals surface area contributed by atoms with Gasteiger partial charge in [-0.15, -0.1) is 0 Å². The second-order valence-corrected chi connectivity index (χ2v) is 8.98. The Morgan fingerprint density at radius 1 is 0.897 bits per heavy atom. The number of hydrogen-bond donors (Lipinski definition) is 2. The second-order valence-electron chi connectivity index (χ2n) is 7.03. The van der Waals surface area contributed by atoms with Crippen LogP contribution in [0.1, 0.15) is 27.0 Å². The number of benzene rings is 3. The first-order valence-electron chi connectivity index (χ1n) is 9.25. The SMILES string of the molecule is Cc1ccc(NCc2ccc(C(=O)Nc3ccccc3)cc2)c(S(C)(=O)=O)c1C. The molecule has 0 saturated heterocycles. The van der Waals surface area contributed by atoms with E-state index in [-0.39, 0.29) is 5.91 Å². The Kier molecular flexibility index (Phi) is 6.03. The van der Waals surface area contributed by atoms with Gasteiger partial charge in [-0.2, -0.15) is 0 Å². The molecule has 3 rings (SSSR count). The third-order valence-corrected chi connectivity index (χ3v) is 6.05. The molecule has 29 heavy (non-hydrogen) atoms. The van der Waals surface area contributed by atoms with Crippen LogP contribution in [0.25, 0.3) is 0 Å². The molecule has 0 radical (unpaired) electrons. The molecule has 0 fully saturated rings. The highest BCUT2D eigenvalue weighted by atomic mass is 32.2. The van der Waals surface area contributed by atoms with Crippen molar-refractivity contribution >= 4 is 27.1 Å². The molecule has 0 unspecified atom stereocenters. The topological polar surface area (TPSA) is 75.3 Å². The second kappa shape index (κ2) is 8.49. The van der Waals surface area contributed by atoms with Crippen molar-refractivity contribution in [3.8, 4) is 0 Å². The van der Waals surface area contributed by atoms with Gasteiger partial charge in [-0.3, -0.25) is 4.79 Å². The molecular weight excluding hydrogens is 384 g/mol. The molecule has 0 aliphatic carbocycles. The van der Waals surface area contributed by atoms with Gasteiger partial charge in [0.25, 0.3) is 5.91 Å². The Hall–Kier alpha value is -3.12. The molecule has 0 aliphatic heterocycles. The van der Waals surface area contributed by atoms with Crippen molar-refractivity contribution in [2.75, 3.05) is 16.9 Å². The average Bonchev–Trinajstić information content (AvgIpc) is 2.69. The smallest absolute Gasteiger partial charge is 0.255 e. The summed E-state index contributed by atoms with van der Waals surface area (Å²) in [5.41, 5.74) is 4.52. The molecule has 1 amide bonds. The van der Waals surface area contributed by atoms with E-state index >= 15 is 0 Å². The fraction of sp³-hybridized carbons (Fsp3) is 0.174. The van der Waals surface area contributed by atoms with Crippen LogP contribution in [0.2, 0.25) is 0 Å². The van der Waals surface area contributed by atoms with Gasteiger partial charge in [-0.1, -0.05) is 36.4 Å². The van der Waals surface area contributed by atoms with Crippen LogP contribution in [0.15, 0.2) is 71.6 Å². The number of nitrogens with one attached hydrogen (secondary N) is 2. The van der Waals surface area contributed by atoms with E-state index in [1.54, 1.807) is 18.2 Å². The van der Waals surface area contributed by atoms with Crippen LogP contribution < -0.4 is 10.6 Å². The minimum atomic E-state index is -3.35. The maximum atomic E-state index is 12.3. The summed E-state index contributed by atoms with van der Waals surface area (Å²) in [5.74, 6) is -0.177. The van der Waals surface area contributed by atoms with Crippen molar-refractivity contribution in [3.05, 3.63) is 89.0 Å². The fourth-order valence-corrected chi connectivity index (χ4v) is 4.36. The maximum absolute atomic E-state index is 12.3. The highest BCUT2D eigenvalue weighted by Gasteiger charge is 2.17. The lowest BCUT2D eigenvalue weighted by Crippen LogP contribution is -2.12. The van der Waals surface area contributed by atoms with Gasteiger partial charge in [-0.05, 0) is 60.9 Å². The summed E-state index contributed by atoms with van der Waals surface area (Å²) in [4.78, 5) is 12.7. The van der Waals surface area contributed by atoms with Gasteiger partial charge in [0.1, 0.15) is 0 Å². The number of rotatable bonds is 6. The standard InChI is InChI=1S/C23H24N2O3S/c1-16-9-14-21(22(17(16)2)29(3,27)28)24-15-18-10-12-19(13-11-18)23(26)25-20-7-5-4-6-8-20/h4-14,24H,15H2,1-3H3,(H,25,26). The van der Waals surface area contributed by atoms with Gasteiger partial charge in [0.15, 0.2) is 9.84 Å². The average molecular weight is 409 g/mol. The summed E-state index contributed by atoms with van der Waals surface area (Å²) >= 11 is 0. The molecule has 6 heteroatoms. The van der Waals surface area contributed by atoms with Crippen LogP contribution in [-0.2, 0) is 16.4 Å². The lowest BCUT2D eigenvalue weighted by molar-refractivity contribution is 0.102. The normalized spacial score (nSPS) is 11.1. The van der Waals surface area contributed by atoms with Crippen molar-refractivity contribution in [1.82, 2.24) is 0 Å². The van der Waals surface area contributed by atoms with Crippen LogP contribution in [0.4, 0.5) is 11.4 Å². The van der Waals surface area contributed by atoms with Crippen molar-refractivity contribution in [2.45, 2.75) is 25.3 Å². The zero-order chi connectivity index (χ0) is 21.0. The van der Waals surface area contributed by atoms with Gasteiger partial charge >= 0.3 is 0 Å². The van der Waals surface area contributed by atoms with Gasteiger partial charge in [0.05, 0.1) is 10.6 Å². The quantitative estimate of drug-likeness (QED) is 0.626. The number of sulfone groups is 1. The van der Waals surface area contributed by atoms with Gasteiger partial charge < -0.3 is 10.6 Å². The number of amides is 1. The van der Waals surface area contributed by atoms with Gasteiger partial charge in [0.2, 0.25) is 0 Å². The third-order valence-electron chi connectivity index (χ3n) is 4.78. The summed E-state index contributed by atoms with van der Waals surface area (Å²) in [6, 6.07) is 20.2. The number of hydrogen-bond acceptors (Lipinski definition) is 4. The number of aryl methyl sites for hydroxylation is 1. The first-order chi connectivity index (χ1) is 13.8. The van der Waals surface area contributed by atoms with Crippen LogP contribution >= 0.6 is 0 Å². The summed E-state index contributed by atoms with van der Waals surface area (Å²) in [6.45, 7) is 4.16. The Labute approximate surface area is 171 Å². The van der Waals surface area contributed by atoms with Gasteiger partial charge in [-0.25, -0.2) is 8.42 Å². The lowest BCUT2D eigenvalue weighted by atomic mass is 10.1.